The maximum Gasteiger partial charge on any atom is 0.259 e. The molecule has 3 aromatic rings. The highest BCUT2D eigenvalue weighted by Gasteiger charge is 2.25. The molecular weight excluding hydrogens is 522 g/mol. The predicted octanol–water partition coefficient (Wildman–Crippen LogP) is 3.67. The Labute approximate surface area is 227 Å². The molecule has 1 aromatic heterocycles. The molecule has 0 unspecified atom stereocenters. The summed E-state index contributed by atoms with van der Waals surface area (Å²) in [6.45, 7) is 7.43. The molecule has 1 heterocycles. The second-order valence-corrected chi connectivity index (χ2v) is 11.7. The molecule has 12 heteroatoms. The Morgan fingerprint density at radius 2 is 1.51 bits per heavy atom. The van der Waals surface area contributed by atoms with Crippen LogP contribution in [0.3, 0.4) is 0 Å². The van der Waals surface area contributed by atoms with Crippen molar-refractivity contribution in [2.24, 2.45) is 5.73 Å². The fourth-order valence-corrected chi connectivity index (χ4v) is 4.22. The highest BCUT2D eigenvalue weighted by molar-refractivity contribution is 7.92. The van der Waals surface area contributed by atoms with Crippen LogP contribution >= 0.6 is 0 Å². The van der Waals surface area contributed by atoms with Gasteiger partial charge in [0.25, 0.3) is 11.8 Å². The molecule has 0 bridgehead atoms. The van der Waals surface area contributed by atoms with Gasteiger partial charge in [-0.05, 0) is 60.4 Å². The van der Waals surface area contributed by atoms with Crippen molar-refractivity contribution in [1.82, 2.24) is 4.98 Å². The standard InChI is InChI=1S/C27H31N5O6S/c1-15-20(25(34)30-18-9-7-16(8-10-18)24(28)33)13-19(14-29-15)31-26(35)21-11-17(27(2,3)4)12-22(23(21)38-5)32-39(6,36)37/h7-14,32H,1-6H3,(H2,28,33)(H,30,34)(H,31,35). The lowest BCUT2D eigenvalue weighted by Crippen LogP contribution is -2.20. The van der Waals surface area contributed by atoms with Gasteiger partial charge in [0.1, 0.15) is 0 Å². The summed E-state index contributed by atoms with van der Waals surface area (Å²) in [5, 5.41) is 5.44. The molecule has 2 aromatic carbocycles. The number of carbonyl (C=O) groups excluding carboxylic acids is 3. The van der Waals surface area contributed by atoms with Crippen LogP contribution in [0.4, 0.5) is 17.1 Å². The van der Waals surface area contributed by atoms with E-state index in [4.69, 9.17) is 10.5 Å². The third-order valence-electron chi connectivity index (χ3n) is 5.72. The van der Waals surface area contributed by atoms with Gasteiger partial charge in [0.2, 0.25) is 15.9 Å². The van der Waals surface area contributed by atoms with Crippen molar-refractivity contribution < 1.29 is 27.5 Å². The van der Waals surface area contributed by atoms with Gasteiger partial charge in [-0.1, -0.05) is 20.8 Å². The van der Waals surface area contributed by atoms with E-state index in [0.717, 1.165) is 6.26 Å². The van der Waals surface area contributed by atoms with Gasteiger partial charge in [0.05, 0.1) is 47.8 Å². The Morgan fingerprint density at radius 1 is 0.923 bits per heavy atom. The highest BCUT2D eigenvalue weighted by atomic mass is 32.2. The number of ether oxygens (including phenoxy) is 1. The van der Waals surface area contributed by atoms with Gasteiger partial charge < -0.3 is 21.1 Å². The maximum absolute atomic E-state index is 13.4. The number of rotatable bonds is 8. The van der Waals surface area contributed by atoms with Crippen LogP contribution in [-0.2, 0) is 15.4 Å². The number of primary amides is 1. The molecule has 0 aliphatic rings. The molecule has 0 aliphatic carbocycles. The van der Waals surface area contributed by atoms with Gasteiger partial charge in [0.15, 0.2) is 5.75 Å². The molecule has 206 valence electrons. The summed E-state index contributed by atoms with van der Waals surface area (Å²) in [7, 11) is -2.33. The number of nitrogens with one attached hydrogen (secondary N) is 3. The fourth-order valence-electron chi connectivity index (χ4n) is 3.67. The number of benzene rings is 2. The third-order valence-corrected chi connectivity index (χ3v) is 6.31. The Bertz CT molecular complexity index is 1540. The molecule has 0 radical (unpaired) electrons. The predicted molar refractivity (Wildman–Crippen MR) is 150 cm³/mol. The van der Waals surface area contributed by atoms with Crippen LogP contribution in [0.15, 0.2) is 48.7 Å². The van der Waals surface area contributed by atoms with Crippen molar-refractivity contribution in [3.05, 3.63) is 76.6 Å². The number of carbonyl (C=O) groups is 3. The van der Waals surface area contributed by atoms with Crippen LogP contribution < -0.4 is 25.8 Å². The van der Waals surface area contributed by atoms with E-state index in [1.165, 1.54) is 31.5 Å². The minimum absolute atomic E-state index is 0.0448. The van der Waals surface area contributed by atoms with Gasteiger partial charge in [-0.25, -0.2) is 8.42 Å². The second kappa shape index (κ2) is 11.1. The zero-order valence-electron chi connectivity index (χ0n) is 22.5. The van der Waals surface area contributed by atoms with E-state index in [9.17, 15) is 22.8 Å². The summed E-state index contributed by atoms with van der Waals surface area (Å²) in [6.07, 6.45) is 2.41. The first kappa shape index (κ1) is 29.1. The van der Waals surface area contributed by atoms with Crippen molar-refractivity contribution in [1.29, 1.82) is 0 Å². The second-order valence-electron chi connectivity index (χ2n) is 9.94. The lowest BCUT2D eigenvalue weighted by molar-refractivity contribution is 0.0996. The van der Waals surface area contributed by atoms with Crippen molar-refractivity contribution in [3.63, 3.8) is 0 Å². The molecular formula is C27H31N5O6S. The Morgan fingerprint density at radius 3 is 2.05 bits per heavy atom. The van der Waals surface area contributed by atoms with Crippen molar-refractivity contribution in [2.45, 2.75) is 33.1 Å². The minimum Gasteiger partial charge on any atom is -0.494 e. The van der Waals surface area contributed by atoms with Crippen LogP contribution in [0.5, 0.6) is 5.75 Å². The molecule has 0 saturated heterocycles. The van der Waals surface area contributed by atoms with Crippen molar-refractivity contribution >= 4 is 44.8 Å². The number of sulfonamides is 1. The molecule has 3 amide bonds. The molecule has 5 N–H and O–H groups in total. The van der Waals surface area contributed by atoms with Gasteiger partial charge >= 0.3 is 0 Å². The number of pyridine rings is 1. The summed E-state index contributed by atoms with van der Waals surface area (Å²) in [5.74, 6) is -1.60. The zero-order valence-corrected chi connectivity index (χ0v) is 23.3. The lowest BCUT2D eigenvalue weighted by Gasteiger charge is -2.23. The maximum atomic E-state index is 13.4. The van der Waals surface area contributed by atoms with Gasteiger partial charge in [-0.3, -0.25) is 24.1 Å². The van der Waals surface area contributed by atoms with Crippen LogP contribution in [0.2, 0.25) is 0 Å². The first-order valence-corrected chi connectivity index (χ1v) is 13.7. The number of nitrogens with two attached hydrogens (primary N) is 1. The SMILES string of the molecule is COc1c(NS(C)(=O)=O)cc(C(C)(C)C)cc1C(=O)Nc1cnc(C)c(C(=O)Nc2ccc(C(N)=O)cc2)c1. The fraction of sp³-hybridized carbons (Fsp3) is 0.259. The number of methoxy groups -OCH3 is 1. The number of amides is 3. The number of nitrogens with zero attached hydrogens (tertiary/aromatic N) is 1. The van der Waals surface area contributed by atoms with E-state index in [-0.39, 0.29) is 28.3 Å². The first-order valence-electron chi connectivity index (χ1n) is 11.8. The number of aromatic nitrogens is 1. The molecule has 0 saturated carbocycles. The van der Waals surface area contributed by atoms with E-state index in [0.29, 0.717) is 22.5 Å². The minimum atomic E-state index is -3.66. The number of aryl methyl sites for hydroxylation is 1. The number of anilines is 3. The highest BCUT2D eigenvalue weighted by Crippen LogP contribution is 2.36. The van der Waals surface area contributed by atoms with Gasteiger partial charge in [0, 0.05) is 11.3 Å². The summed E-state index contributed by atoms with van der Waals surface area (Å²) in [5.41, 5.74) is 7.36. The summed E-state index contributed by atoms with van der Waals surface area (Å²) in [4.78, 5) is 41.9. The topological polar surface area (TPSA) is 170 Å². The molecule has 0 spiro atoms. The van der Waals surface area contributed by atoms with E-state index >= 15 is 0 Å². The monoisotopic (exact) mass is 553 g/mol. The summed E-state index contributed by atoms with van der Waals surface area (Å²) < 4.78 is 31.8. The van der Waals surface area contributed by atoms with E-state index in [1.807, 2.05) is 20.8 Å². The Hall–Kier alpha value is -4.45. The molecule has 39 heavy (non-hydrogen) atoms. The van der Waals surface area contributed by atoms with Crippen LogP contribution in [-0.4, -0.2) is 44.5 Å². The van der Waals surface area contributed by atoms with E-state index in [1.54, 1.807) is 31.2 Å². The van der Waals surface area contributed by atoms with Crippen LogP contribution in [0, 0.1) is 6.92 Å². The molecule has 0 fully saturated rings. The molecule has 0 aliphatic heterocycles. The van der Waals surface area contributed by atoms with Crippen LogP contribution in [0.1, 0.15) is 63.1 Å². The number of hydrogen-bond donors (Lipinski definition) is 4. The smallest absolute Gasteiger partial charge is 0.259 e. The molecule has 11 nitrogen and oxygen atoms in total. The summed E-state index contributed by atoms with van der Waals surface area (Å²) >= 11 is 0. The normalized spacial score (nSPS) is 11.4. The van der Waals surface area contributed by atoms with Gasteiger partial charge in [-0.2, -0.15) is 0 Å². The molecule has 3 rings (SSSR count). The van der Waals surface area contributed by atoms with Crippen molar-refractivity contribution in [3.8, 4) is 5.75 Å². The average Bonchev–Trinajstić information content (AvgIpc) is 2.83. The van der Waals surface area contributed by atoms with Crippen molar-refractivity contribution in [2.75, 3.05) is 28.7 Å². The zero-order chi connectivity index (χ0) is 29.1. The van der Waals surface area contributed by atoms with E-state index < -0.39 is 33.2 Å². The third kappa shape index (κ3) is 7.32. The average molecular weight is 554 g/mol. The lowest BCUT2D eigenvalue weighted by atomic mass is 9.85. The molecule has 0 atom stereocenters. The van der Waals surface area contributed by atoms with Gasteiger partial charge in [-0.15, -0.1) is 0 Å². The Balaban J connectivity index is 1.94. The summed E-state index contributed by atoms with van der Waals surface area (Å²) in [6, 6.07) is 10.8. The largest absolute Gasteiger partial charge is 0.494 e. The van der Waals surface area contributed by atoms with E-state index in [2.05, 4.69) is 20.3 Å². The van der Waals surface area contributed by atoms with Crippen LogP contribution in [0.25, 0.3) is 0 Å². The number of hydrogen-bond acceptors (Lipinski definition) is 7. The Kier molecular flexibility index (Phi) is 8.30. The quantitative estimate of drug-likeness (QED) is 0.330. The first-order chi connectivity index (χ1) is 18.1.